The Morgan fingerprint density at radius 1 is 1.16 bits per heavy atom. The molecule has 0 fully saturated rings. The van der Waals surface area contributed by atoms with Crippen molar-refractivity contribution in [3.63, 3.8) is 0 Å². The Balaban J connectivity index is 1.62. The van der Waals surface area contributed by atoms with Gasteiger partial charge in [-0.05, 0) is 36.1 Å². The number of rotatable bonds is 9. The van der Waals surface area contributed by atoms with Crippen molar-refractivity contribution in [2.75, 3.05) is 24.3 Å². The third-order valence-corrected chi connectivity index (χ3v) is 9.19. The highest BCUT2D eigenvalue weighted by molar-refractivity contribution is 8.03. The van der Waals surface area contributed by atoms with Crippen molar-refractivity contribution in [3.8, 4) is 5.75 Å². The lowest BCUT2D eigenvalue weighted by atomic mass is 10.1. The highest BCUT2D eigenvalue weighted by atomic mass is 32.2. The fourth-order valence-electron chi connectivity index (χ4n) is 4.26. The van der Waals surface area contributed by atoms with Gasteiger partial charge in [-0.25, -0.2) is 4.18 Å². The maximum atomic E-state index is 11.4. The number of aromatic nitrogens is 1. The lowest BCUT2D eigenvalue weighted by Crippen LogP contribution is -2.37. The molecule has 1 unspecified atom stereocenters. The Labute approximate surface area is 224 Å². The summed E-state index contributed by atoms with van der Waals surface area (Å²) in [5, 5.41) is 3.66. The monoisotopic (exact) mass is 579 g/mol. The van der Waals surface area contributed by atoms with Crippen LogP contribution >= 0.6 is 23.1 Å². The smallest absolute Gasteiger partial charge is 0.307 e. The number of hydrogen-bond donors (Lipinski definition) is 2. The normalized spacial score (nSPS) is 15.5. The predicted octanol–water partition coefficient (Wildman–Crippen LogP) is 4.65. The molecule has 1 aliphatic heterocycles. The van der Waals surface area contributed by atoms with Crippen LogP contribution < -0.4 is 14.2 Å². The van der Waals surface area contributed by atoms with Gasteiger partial charge >= 0.3 is 11.4 Å². The van der Waals surface area contributed by atoms with Gasteiger partial charge in [-0.3, -0.25) is 9.11 Å². The summed E-state index contributed by atoms with van der Waals surface area (Å²) in [6.45, 7) is 0.216. The summed E-state index contributed by atoms with van der Waals surface area (Å²) in [5.41, 5.74) is 1.76. The van der Waals surface area contributed by atoms with E-state index in [1.807, 2.05) is 70.1 Å². The van der Waals surface area contributed by atoms with Crippen LogP contribution in [0.4, 0.5) is 5.69 Å². The van der Waals surface area contributed by atoms with E-state index in [-0.39, 0.29) is 18.9 Å². The zero-order chi connectivity index (χ0) is 26.2. The first-order valence-electron chi connectivity index (χ1n) is 11.1. The highest BCUT2D eigenvalue weighted by Gasteiger charge is 2.29. The average molecular weight is 580 g/mol. The molecule has 0 bridgehead atoms. The number of nitrogens with zero attached hydrogens (tertiary/aromatic N) is 2. The third-order valence-electron chi connectivity index (χ3n) is 5.87. The van der Waals surface area contributed by atoms with E-state index in [1.165, 1.54) is 23.1 Å². The second-order valence-corrected chi connectivity index (χ2v) is 12.5. The molecular formula is C24H23N2O7S4+. The van der Waals surface area contributed by atoms with Crippen molar-refractivity contribution in [1.82, 2.24) is 0 Å². The Morgan fingerprint density at radius 2 is 1.97 bits per heavy atom. The van der Waals surface area contributed by atoms with E-state index in [2.05, 4.69) is 0 Å². The maximum absolute atomic E-state index is 11.4. The van der Waals surface area contributed by atoms with Gasteiger partial charge in [-0.15, -0.1) is 0 Å². The molecular weight excluding hydrogens is 557 g/mol. The number of benzene rings is 3. The van der Waals surface area contributed by atoms with Gasteiger partial charge in [-0.1, -0.05) is 47.4 Å². The molecule has 0 amide bonds. The van der Waals surface area contributed by atoms with E-state index >= 15 is 0 Å². The van der Waals surface area contributed by atoms with Crippen LogP contribution in [0.2, 0.25) is 0 Å². The molecule has 3 aromatic carbocycles. The third kappa shape index (κ3) is 5.67. The van der Waals surface area contributed by atoms with E-state index in [0.29, 0.717) is 12.3 Å². The van der Waals surface area contributed by atoms with Crippen LogP contribution in [0, 0.1) is 0 Å². The van der Waals surface area contributed by atoms with E-state index in [9.17, 15) is 21.7 Å². The van der Waals surface area contributed by atoms with E-state index in [0.717, 1.165) is 41.6 Å². The molecule has 13 heteroatoms. The Kier molecular flexibility index (Phi) is 7.54. The average Bonchev–Trinajstić information content (AvgIpc) is 3.39. The Bertz CT molecular complexity index is 1650. The summed E-state index contributed by atoms with van der Waals surface area (Å²) in [4.78, 5) is 2.97. The van der Waals surface area contributed by atoms with Crippen molar-refractivity contribution in [3.05, 3.63) is 64.6 Å². The van der Waals surface area contributed by atoms with Crippen LogP contribution in [0.15, 0.2) is 64.5 Å². The summed E-state index contributed by atoms with van der Waals surface area (Å²) < 4.78 is 65.9. The van der Waals surface area contributed by atoms with Gasteiger partial charge < -0.3 is 9.64 Å². The molecule has 2 heterocycles. The van der Waals surface area contributed by atoms with Gasteiger partial charge in [0.05, 0.1) is 35.0 Å². The van der Waals surface area contributed by atoms with Crippen LogP contribution in [-0.2, 0) is 32.4 Å². The SMILES string of the molecule is COc1ccc2c(c1)N(CCCS(=O)(=O)O)C(=Cc1sc3ccc4ccccc4c3[n+]1COS(=O)O)S2. The molecule has 2 N–H and O–H groups in total. The molecule has 194 valence electrons. The molecule has 4 aromatic rings. The molecule has 0 radical (unpaired) electrons. The number of ether oxygens (including phenoxy) is 1. The molecule has 0 saturated carbocycles. The summed E-state index contributed by atoms with van der Waals surface area (Å²) in [7, 11) is -2.51. The van der Waals surface area contributed by atoms with Gasteiger partial charge in [0.1, 0.15) is 10.4 Å². The predicted molar refractivity (Wildman–Crippen MR) is 147 cm³/mol. The van der Waals surface area contributed by atoms with Crippen molar-refractivity contribution in [2.45, 2.75) is 18.0 Å². The van der Waals surface area contributed by atoms with Gasteiger partial charge in [0.2, 0.25) is 5.52 Å². The molecule has 1 aliphatic rings. The topological polar surface area (TPSA) is 117 Å². The van der Waals surface area contributed by atoms with E-state index < -0.39 is 21.5 Å². The van der Waals surface area contributed by atoms with Crippen LogP contribution in [0.25, 0.3) is 27.1 Å². The minimum atomic E-state index is -4.09. The van der Waals surface area contributed by atoms with E-state index in [1.54, 1.807) is 7.11 Å². The van der Waals surface area contributed by atoms with Crippen LogP contribution in [0.3, 0.4) is 0 Å². The quantitative estimate of drug-likeness (QED) is 0.166. The molecule has 1 atom stereocenters. The largest absolute Gasteiger partial charge is 0.497 e. The minimum Gasteiger partial charge on any atom is -0.497 e. The number of methoxy groups -OCH3 is 1. The Morgan fingerprint density at radius 3 is 2.73 bits per heavy atom. The van der Waals surface area contributed by atoms with Crippen molar-refractivity contribution in [1.29, 1.82) is 0 Å². The van der Waals surface area contributed by atoms with Gasteiger partial charge in [-0.2, -0.15) is 17.2 Å². The first kappa shape index (κ1) is 26.1. The number of thiazole rings is 1. The first-order chi connectivity index (χ1) is 17.7. The second kappa shape index (κ2) is 10.7. The van der Waals surface area contributed by atoms with Crippen LogP contribution in [-0.4, -0.2) is 41.1 Å². The lowest BCUT2D eigenvalue weighted by Gasteiger charge is -2.20. The summed E-state index contributed by atoms with van der Waals surface area (Å²) in [6, 6.07) is 17.7. The van der Waals surface area contributed by atoms with Crippen LogP contribution in [0.5, 0.6) is 5.75 Å². The van der Waals surface area contributed by atoms with E-state index in [4.69, 9.17) is 8.92 Å². The number of hydrogen-bond acceptors (Lipinski definition) is 8. The highest BCUT2D eigenvalue weighted by Crippen LogP contribution is 2.48. The minimum absolute atomic E-state index is 0.134. The molecule has 1 aromatic heterocycles. The number of thioether (sulfide) groups is 1. The molecule has 0 spiro atoms. The molecule has 9 nitrogen and oxygen atoms in total. The van der Waals surface area contributed by atoms with Gasteiger partial charge in [0.25, 0.3) is 21.9 Å². The zero-order valence-corrected chi connectivity index (χ0v) is 22.8. The second-order valence-electron chi connectivity index (χ2n) is 8.18. The van der Waals surface area contributed by atoms with Crippen LogP contribution in [0.1, 0.15) is 11.4 Å². The van der Waals surface area contributed by atoms with Crippen molar-refractivity contribution in [2.24, 2.45) is 0 Å². The van der Waals surface area contributed by atoms with Crippen molar-refractivity contribution >= 4 is 77.3 Å². The number of anilines is 1. The van der Waals surface area contributed by atoms with Gasteiger partial charge in [0, 0.05) is 17.5 Å². The Hall–Kier alpha value is -2.52. The molecule has 0 aliphatic carbocycles. The lowest BCUT2D eigenvalue weighted by molar-refractivity contribution is -0.697. The summed E-state index contributed by atoms with van der Waals surface area (Å²) >= 11 is 0.603. The fraction of sp³-hybridized carbons (Fsp3) is 0.208. The zero-order valence-electron chi connectivity index (χ0n) is 19.6. The molecule has 37 heavy (non-hydrogen) atoms. The maximum Gasteiger partial charge on any atom is 0.307 e. The number of fused-ring (bicyclic) bond motifs is 4. The first-order valence-corrected chi connectivity index (χ1v) is 15.4. The summed E-state index contributed by atoms with van der Waals surface area (Å²) in [6.07, 6.45) is 2.19. The van der Waals surface area contributed by atoms with Gasteiger partial charge in [0.15, 0.2) is 0 Å². The fourth-order valence-corrected chi connectivity index (χ4v) is 7.24. The molecule has 5 rings (SSSR count). The molecule has 0 saturated heterocycles. The standard InChI is InChI=1S/C24H22N2O7S4/c1-32-17-8-10-20-19(13-17)25(11-4-12-37(29,30)31)22(34-20)14-23-26(15-33-36(27)28)24-18-6-3-2-5-16(18)7-9-21(24)35-23/h2-3,5-10,13-14H,4,11-12,15H2,1H3,(H-,27,28,29,30,31)/p+1. The van der Waals surface area contributed by atoms with Crippen molar-refractivity contribution < 1.29 is 35.2 Å². The summed E-state index contributed by atoms with van der Waals surface area (Å²) in [5.74, 6) is 0.314.